The van der Waals surface area contributed by atoms with Crippen molar-refractivity contribution in [2.75, 3.05) is 19.6 Å². The van der Waals surface area contributed by atoms with Crippen LogP contribution in [-0.4, -0.2) is 55.3 Å². The molecule has 144 valence electrons. The second-order valence-corrected chi connectivity index (χ2v) is 9.30. The van der Waals surface area contributed by atoms with E-state index in [2.05, 4.69) is 6.07 Å². The van der Waals surface area contributed by atoms with Crippen LogP contribution in [0.15, 0.2) is 29.2 Å². The maximum Gasteiger partial charge on any atom is 0.247 e. The molecule has 7 nitrogen and oxygen atoms in total. The van der Waals surface area contributed by atoms with Crippen LogP contribution in [0.5, 0.6) is 5.75 Å². The molecule has 0 radical (unpaired) electrons. The van der Waals surface area contributed by atoms with Gasteiger partial charge in [-0.05, 0) is 31.4 Å². The fraction of sp³-hybridized carbons (Fsp3) is 0.579. The molecule has 2 aliphatic heterocycles. The van der Waals surface area contributed by atoms with Gasteiger partial charge in [0.25, 0.3) is 0 Å². The number of benzene rings is 1. The standard InChI is InChI=1S/C19H23N3O4S/c1-2-22-14-7-11-21(18(23)19(13-20)9-10-19)12-8-15(14)26-16-5-3-4-6-17(16)27(22,24)25/h3-6,14-15H,2,7-12H2,1H3/t14-,15-/m0/s1. The molecular weight excluding hydrogens is 366 g/mol. The van der Waals surface area contributed by atoms with Gasteiger partial charge in [0.05, 0.1) is 12.1 Å². The van der Waals surface area contributed by atoms with E-state index in [-0.39, 0.29) is 22.9 Å². The molecule has 3 aliphatic rings. The number of likely N-dealkylation sites (N-methyl/N-ethyl adjacent to an activating group) is 1. The summed E-state index contributed by atoms with van der Waals surface area (Å²) in [4.78, 5) is 14.7. The number of hydrogen-bond donors (Lipinski definition) is 0. The highest BCUT2D eigenvalue weighted by Gasteiger charge is 2.53. The zero-order chi connectivity index (χ0) is 19.2. The number of nitriles is 1. The summed E-state index contributed by atoms with van der Waals surface area (Å²) in [5, 5.41) is 9.32. The van der Waals surface area contributed by atoms with Gasteiger partial charge in [-0.3, -0.25) is 4.79 Å². The number of hydrogen-bond acceptors (Lipinski definition) is 5. The zero-order valence-electron chi connectivity index (χ0n) is 15.3. The maximum absolute atomic E-state index is 13.2. The Bertz CT molecular complexity index is 904. The third kappa shape index (κ3) is 2.89. The van der Waals surface area contributed by atoms with Crippen molar-refractivity contribution in [1.82, 2.24) is 9.21 Å². The summed E-state index contributed by atoms with van der Waals surface area (Å²) in [6.07, 6.45) is 1.95. The fourth-order valence-electron chi connectivity index (χ4n) is 4.17. The van der Waals surface area contributed by atoms with Crippen molar-refractivity contribution in [2.24, 2.45) is 5.41 Å². The Labute approximate surface area is 159 Å². The molecule has 2 atom stereocenters. The van der Waals surface area contributed by atoms with Crippen molar-refractivity contribution >= 4 is 15.9 Å². The number of fused-ring (bicyclic) bond motifs is 2. The summed E-state index contributed by atoms with van der Waals surface area (Å²) in [6, 6.07) is 8.56. The van der Waals surface area contributed by atoms with Gasteiger partial charge in [0.2, 0.25) is 15.9 Å². The predicted octanol–water partition coefficient (Wildman–Crippen LogP) is 1.75. The molecular formula is C19H23N3O4S. The number of rotatable bonds is 2. The number of para-hydroxylation sites is 1. The van der Waals surface area contributed by atoms with Crippen LogP contribution in [0.2, 0.25) is 0 Å². The van der Waals surface area contributed by atoms with E-state index in [4.69, 9.17) is 4.74 Å². The summed E-state index contributed by atoms with van der Waals surface area (Å²) in [7, 11) is -3.66. The van der Waals surface area contributed by atoms with Crippen LogP contribution in [-0.2, 0) is 14.8 Å². The average Bonchev–Trinajstić information content (AvgIpc) is 3.48. The summed E-state index contributed by atoms with van der Waals surface area (Å²) in [6.45, 7) is 3.08. The Hall–Kier alpha value is -2.11. The molecule has 0 spiro atoms. The lowest BCUT2D eigenvalue weighted by molar-refractivity contribution is -0.134. The largest absolute Gasteiger partial charge is 0.487 e. The van der Waals surface area contributed by atoms with Gasteiger partial charge in [0.1, 0.15) is 22.2 Å². The molecule has 0 unspecified atom stereocenters. The average molecular weight is 389 g/mol. The van der Waals surface area contributed by atoms with E-state index in [9.17, 15) is 18.5 Å². The SMILES string of the molecule is CCN1[C@H]2CCN(C(=O)C3(C#N)CC3)CC[C@@H]2Oc2ccccc2S1(=O)=O. The monoisotopic (exact) mass is 389 g/mol. The quantitative estimate of drug-likeness (QED) is 0.769. The van der Waals surface area contributed by atoms with E-state index in [0.717, 1.165) is 0 Å². The molecule has 27 heavy (non-hydrogen) atoms. The molecule has 1 amide bonds. The van der Waals surface area contributed by atoms with Gasteiger partial charge >= 0.3 is 0 Å². The lowest BCUT2D eigenvalue weighted by Crippen LogP contribution is -2.47. The maximum atomic E-state index is 13.2. The molecule has 1 saturated carbocycles. The Balaban J connectivity index is 1.65. The van der Waals surface area contributed by atoms with Crippen LogP contribution in [0.1, 0.15) is 32.6 Å². The van der Waals surface area contributed by atoms with Gasteiger partial charge < -0.3 is 9.64 Å². The molecule has 2 heterocycles. The minimum absolute atomic E-state index is 0.118. The molecule has 0 bridgehead atoms. The lowest BCUT2D eigenvalue weighted by atomic mass is 10.1. The Morgan fingerprint density at radius 2 is 2.00 bits per heavy atom. The van der Waals surface area contributed by atoms with Crippen LogP contribution in [0.4, 0.5) is 0 Å². The summed E-state index contributed by atoms with van der Waals surface area (Å²) >= 11 is 0. The van der Waals surface area contributed by atoms with Crippen molar-refractivity contribution in [3.05, 3.63) is 24.3 Å². The normalized spacial score (nSPS) is 28.5. The Kier molecular flexibility index (Phi) is 4.40. The van der Waals surface area contributed by atoms with Crippen LogP contribution >= 0.6 is 0 Å². The first-order chi connectivity index (χ1) is 12.9. The molecule has 1 aromatic rings. The highest BCUT2D eigenvalue weighted by molar-refractivity contribution is 7.89. The predicted molar refractivity (Wildman–Crippen MR) is 97.3 cm³/mol. The van der Waals surface area contributed by atoms with E-state index in [0.29, 0.717) is 51.1 Å². The van der Waals surface area contributed by atoms with Gasteiger partial charge in [-0.15, -0.1) is 0 Å². The van der Waals surface area contributed by atoms with Gasteiger partial charge in [0, 0.05) is 26.1 Å². The third-order valence-electron chi connectivity index (χ3n) is 5.86. The molecule has 4 rings (SSSR count). The van der Waals surface area contributed by atoms with Gasteiger partial charge in [-0.1, -0.05) is 19.1 Å². The number of ether oxygens (including phenoxy) is 1. The summed E-state index contributed by atoms with van der Waals surface area (Å²) in [5.74, 6) is 0.256. The number of carbonyl (C=O) groups excluding carboxylic acids is 1. The molecule has 1 aliphatic carbocycles. The molecule has 0 aromatic heterocycles. The van der Waals surface area contributed by atoms with Gasteiger partial charge in [-0.25, -0.2) is 8.42 Å². The minimum atomic E-state index is -3.66. The van der Waals surface area contributed by atoms with Crippen molar-refractivity contribution in [3.8, 4) is 11.8 Å². The topological polar surface area (TPSA) is 90.7 Å². The first kappa shape index (κ1) is 18.3. The minimum Gasteiger partial charge on any atom is -0.487 e. The van der Waals surface area contributed by atoms with Crippen molar-refractivity contribution in [1.29, 1.82) is 5.26 Å². The zero-order valence-corrected chi connectivity index (χ0v) is 16.1. The van der Waals surface area contributed by atoms with Crippen molar-refractivity contribution in [3.63, 3.8) is 0 Å². The molecule has 1 aromatic carbocycles. The van der Waals surface area contributed by atoms with E-state index in [1.165, 1.54) is 4.31 Å². The molecule has 8 heteroatoms. The number of carbonyl (C=O) groups is 1. The second-order valence-electron chi connectivity index (χ2n) is 7.44. The highest BCUT2D eigenvalue weighted by atomic mass is 32.2. The first-order valence-corrected chi connectivity index (χ1v) is 10.8. The highest BCUT2D eigenvalue weighted by Crippen LogP contribution is 2.47. The summed E-state index contributed by atoms with van der Waals surface area (Å²) < 4.78 is 34.0. The number of nitrogens with zero attached hydrogens (tertiary/aromatic N) is 3. The van der Waals surface area contributed by atoms with Crippen LogP contribution in [0, 0.1) is 16.7 Å². The number of amides is 1. The number of sulfonamides is 1. The summed E-state index contributed by atoms with van der Waals surface area (Å²) in [5.41, 5.74) is -0.851. The first-order valence-electron chi connectivity index (χ1n) is 9.41. The molecule has 0 N–H and O–H groups in total. The van der Waals surface area contributed by atoms with E-state index in [1.54, 1.807) is 29.2 Å². The van der Waals surface area contributed by atoms with E-state index < -0.39 is 15.4 Å². The van der Waals surface area contributed by atoms with Gasteiger partial charge in [0.15, 0.2) is 0 Å². The number of likely N-dealkylation sites (tertiary alicyclic amines) is 1. The van der Waals surface area contributed by atoms with Crippen molar-refractivity contribution < 1.29 is 17.9 Å². The Morgan fingerprint density at radius 1 is 1.30 bits per heavy atom. The van der Waals surface area contributed by atoms with Crippen molar-refractivity contribution in [2.45, 2.75) is 49.6 Å². The van der Waals surface area contributed by atoms with Crippen LogP contribution in [0.3, 0.4) is 0 Å². The molecule has 1 saturated heterocycles. The van der Waals surface area contributed by atoms with E-state index >= 15 is 0 Å². The van der Waals surface area contributed by atoms with Gasteiger partial charge in [-0.2, -0.15) is 9.57 Å². The second kappa shape index (κ2) is 6.50. The fourth-order valence-corrected chi connectivity index (χ4v) is 5.98. The lowest BCUT2D eigenvalue weighted by Gasteiger charge is -2.30. The smallest absolute Gasteiger partial charge is 0.247 e. The third-order valence-corrected chi connectivity index (χ3v) is 7.90. The Morgan fingerprint density at radius 3 is 2.67 bits per heavy atom. The molecule has 2 fully saturated rings. The van der Waals surface area contributed by atoms with Crippen LogP contribution < -0.4 is 4.74 Å². The van der Waals surface area contributed by atoms with Crippen LogP contribution in [0.25, 0.3) is 0 Å². The van der Waals surface area contributed by atoms with E-state index in [1.807, 2.05) is 6.92 Å².